The van der Waals surface area contributed by atoms with Crippen molar-refractivity contribution in [2.24, 2.45) is 0 Å². The molecule has 1 amide bonds. The Morgan fingerprint density at radius 2 is 1.65 bits per heavy atom. The summed E-state index contributed by atoms with van der Waals surface area (Å²) in [7, 11) is -2.37. The summed E-state index contributed by atoms with van der Waals surface area (Å²) in [5.41, 5.74) is 0.592. The van der Waals surface area contributed by atoms with Gasteiger partial charge in [0.2, 0.25) is 15.9 Å². The fraction of sp³-hybridized carbons (Fsp3) is 0.105. The van der Waals surface area contributed by atoms with Crippen LogP contribution in [0.15, 0.2) is 76.1 Å². The number of hydrogen-bond acceptors (Lipinski definition) is 3. The number of para-hydroxylation sites is 1. The van der Waals surface area contributed by atoms with Crippen LogP contribution in [0.5, 0.6) is 0 Å². The van der Waals surface area contributed by atoms with E-state index in [4.69, 9.17) is 0 Å². The number of rotatable bonds is 5. The molecule has 7 heteroatoms. The van der Waals surface area contributed by atoms with E-state index in [0.29, 0.717) is 5.69 Å². The second-order valence-corrected chi connectivity index (χ2v) is 8.70. The van der Waals surface area contributed by atoms with Gasteiger partial charge in [0.15, 0.2) is 0 Å². The lowest BCUT2D eigenvalue weighted by Crippen LogP contribution is -2.35. The number of nitrogens with zero attached hydrogens (tertiary/aromatic N) is 1. The van der Waals surface area contributed by atoms with Crippen LogP contribution < -0.4 is 5.32 Å². The van der Waals surface area contributed by atoms with Gasteiger partial charge >= 0.3 is 0 Å². The average molecular weight is 433 g/mol. The van der Waals surface area contributed by atoms with Crippen LogP contribution in [-0.4, -0.2) is 32.2 Å². The van der Waals surface area contributed by atoms with E-state index < -0.39 is 15.9 Å². The lowest BCUT2D eigenvalue weighted by molar-refractivity contribution is -0.116. The molecule has 0 unspecified atom stereocenters. The minimum atomic E-state index is -3.77. The Bertz CT molecular complexity index is 1070. The number of hydrogen-bond donors (Lipinski definition) is 1. The molecule has 0 aliphatic carbocycles. The minimum absolute atomic E-state index is 0.160. The van der Waals surface area contributed by atoms with Crippen molar-refractivity contribution in [3.05, 3.63) is 71.2 Å². The standard InChI is InChI=1S/C19H17BrN2O3S/c1-22(13-19(23)21-18-9-5-4-8-17(18)20)26(24,25)16-11-10-14-6-2-3-7-15(14)12-16/h2-12H,13H2,1H3,(H,21,23). The summed E-state index contributed by atoms with van der Waals surface area (Å²) in [6, 6.07) is 19.6. The van der Waals surface area contributed by atoms with E-state index in [1.54, 1.807) is 36.4 Å². The van der Waals surface area contributed by atoms with Gasteiger partial charge in [0.05, 0.1) is 17.1 Å². The largest absolute Gasteiger partial charge is 0.324 e. The molecule has 3 rings (SSSR count). The number of amides is 1. The molecule has 0 aliphatic heterocycles. The zero-order valence-corrected chi connectivity index (χ0v) is 16.4. The van der Waals surface area contributed by atoms with Gasteiger partial charge in [-0.15, -0.1) is 0 Å². The van der Waals surface area contributed by atoms with E-state index in [9.17, 15) is 13.2 Å². The quantitative estimate of drug-likeness (QED) is 0.665. The molecule has 0 aromatic heterocycles. The molecule has 0 radical (unpaired) electrons. The lowest BCUT2D eigenvalue weighted by Gasteiger charge is -2.17. The number of anilines is 1. The second kappa shape index (κ2) is 7.57. The molecule has 0 atom stereocenters. The third kappa shape index (κ3) is 3.95. The van der Waals surface area contributed by atoms with Crippen molar-refractivity contribution < 1.29 is 13.2 Å². The van der Waals surface area contributed by atoms with Gasteiger partial charge in [-0.1, -0.05) is 42.5 Å². The van der Waals surface area contributed by atoms with E-state index >= 15 is 0 Å². The molecule has 1 N–H and O–H groups in total. The predicted molar refractivity (Wildman–Crippen MR) is 107 cm³/mol. The van der Waals surface area contributed by atoms with Crippen LogP contribution in [0.1, 0.15) is 0 Å². The SMILES string of the molecule is CN(CC(=O)Nc1ccccc1Br)S(=O)(=O)c1ccc2ccccc2c1. The van der Waals surface area contributed by atoms with Gasteiger partial charge in [0.1, 0.15) is 0 Å². The highest BCUT2D eigenvalue weighted by atomic mass is 79.9. The van der Waals surface area contributed by atoms with Gasteiger partial charge in [0, 0.05) is 11.5 Å². The van der Waals surface area contributed by atoms with Gasteiger partial charge in [-0.05, 0) is 51.0 Å². The number of nitrogens with one attached hydrogen (secondary N) is 1. The number of sulfonamides is 1. The van der Waals surface area contributed by atoms with Crippen LogP contribution in [0.25, 0.3) is 10.8 Å². The third-order valence-corrected chi connectivity index (χ3v) is 6.43. The van der Waals surface area contributed by atoms with Gasteiger partial charge in [-0.25, -0.2) is 8.42 Å². The van der Waals surface area contributed by atoms with E-state index in [0.717, 1.165) is 19.6 Å². The fourth-order valence-electron chi connectivity index (χ4n) is 2.55. The molecular formula is C19H17BrN2O3S. The number of halogens is 1. The summed E-state index contributed by atoms with van der Waals surface area (Å²) in [6.45, 7) is -0.281. The Hall–Kier alpha value is -2.22. The number of fused-ring (bicyclic) bond motifs is 1. The molecule has 3 aromatic rings. The summed E-state index contributed by atoms with van der Waals surface area (Å²) in [4.78, 5) is 12.4. The first-order chi connectivity index (χ1) is 12.4. The topological polar surface area (TPSA) is 66.5 Å². The number of carbonyl (C=O) groups excluding carboxylic acids is 1. The Balaban J connectivity index is 1.77. The third-order valence-electron chi connectivity index (χ3n) is 3.94. The van der Waals surface area contributed by atoms with Crippen molar-refractivity contribution >= 4 is 48.3 Å². The normalized spacial score (nSPS) is 11.7. The molecule has 0 saturated heterocycles. The van der Waals surface area contributed by atoms with Gasteiger partial charge in [-0.2, -0.15) is 4.31 Å². The lowest BCUT2D eigenvalue weighted by atomic mass is 10.1. The van der Waals surface area contributed by atoms with Crippen LogP contribution in [0.4, 0.5) is 5.69 Å². The van der Waals surface area contributed by atoms with Crippen LogP contribution in [0.2, 0.25) is 0 Å². The average Bonchev–Trinajstić information content (AvgIpc) is 2.63. The maximum absolute atomic E-state index is 12.8. The molecule has 0 fully saturated rings. The van der Waals surface area contributed by atoms with Crippen molar-refractivity contribution in [1.82, 2.24) is 4.31 Å². The van der Waals surface area contributed by atoms with Crippen molar-refractivity contribution in [3.8, 4) is 0 Å². The van der Waals surface area contributed by atoms with E-state index in [1.807, 2.05) is 30.3 Å². The molecule has 0 spiro atoms. The molecule has 0 aliphatic rings. The number of carbonyl (C=O) groups is 1. The summed E-state index contributed by atoms with van der Waals surface area (Å²) >= 11 is 3.34. The fourth-order valence-corrected chi connectivity index (χ4v) is 4.09. The van der Waals surface area contributed by atoms with Gasteiger partial charge in [-0.3, -0.25) is 4.79 Å². The highest BCUT2D eigenvalue weighted by molar-refractivity contribution is 9.10. The van der Waals surface area contributed by atoms with Gasteiger partial charge in [0.25, 0.3) is 0 Å². The van der Waals surface area contributed by atoms with Crippen molar-refractivity contribution in [2.75, 3.05) is 18.9 Å². The Morgan fingerprint density at radius 3 is 2.38 bits per heavy atom. The highest BCUT2D eigenvalue weighted by Gasteiger charge is 2.23. The van der Waals surface area contributed by atoms with E-state index in [2.05, 4.69) is 21.2 Å². The molecule has 3 aromatic carbocycles. The summed E-state index contributed by atoms with van der Waals surface area (Å²) in [5, 5.41) is 4.49. The minimum Gasteiger partial charge on any atom is -0.324 e. The van der Waals surface area contributed by atoms with Crippen LogP contribution in [0, 0.1) is 0 Å². The first-order valence-electron chi connectivity index (χ1n) is 7.87. The number of benzene rings is 3. The molecule has 0 bridgehead atoms. The number of likely N-dealkylation sites (N-methyl/N-ethyl adjacent to an activating group) is 1. The maximum Gasteiger partial charge on any atom is 0.243 e. The second-order valence-electron chi connectivity index (χ2n) is 5.80. The first-order valence-corrected chi connectivity index (χ1v) is 10.1. The first kappa shape index (κ1) is 18.6. The Morgan fingerprint density at radius 1 is 1.00 bits per heavy atom. The van der Waals surface area contributed by atoms with Crippen molar-refractivity contribution in [1.29, 1.82) is 0 Å². The molecule has 26 heavy (non-hydrogen) atoms. The summed E-state index contributed by atoms with van der Waals surface area (Å²) < 4.78 is 27.3. The zero-order chi connectivity index (χ0) is 18.7. The van der Waals surface area contributed by atoms with Crippen molar-refractivity contribution in [3.63, 3.8) is 0 Å². The van der Waals surface area contributed by atoms with E-state index in [1.165, 1.54) is 7.05 Å². The Labute approximate surface area is 160 Å². The Kier molecular flexibility index (Phi) is 5.41. The monoisotopic (exact) mass is 432 g/mol. The molecular weight excluding hydrogens is 416 g/mol. The smallest absolute Gasteiger partial charge is 0.243 e. The molecule has 5 nitrogen and oxygen atoms in total. The summed E-state index contributed by atoms with van der Waals surface area (Å²) in [5.74, 6) is -0.413. The summed E-state index contributed by atoms with van der Waals surface area (Å²) in [6.07, 6.45) is 0. The van der Waals surface area contributed by atoms with Crippen LogP contribution in [0.3, 0.4) is 0 Å². The predicted octanol–water partition coefficient (Wildman–Crippen LogP) is 3.86. The van der Waals surface area contributed by atoms with Crippen LogP contribution in [-0.2, 0) is 14.8 Å². The molecule has 0 saturated carbocycles. The van der Waals surface area contributed by atoms with Gasteiger partial charge < -0.3 is 5.32 Å². The van der Waals surface area contributed by atoms with Crippen molar-refractivity contribution in [2.45, 2.75) is 4.90 Å². The van der Waals surface area contributed by atoms with E-state index in [-0.39, 0.29) is 11.4 Å². The zero-order valence-electron chi connectivity index (χ0n) is 14.0. The molecule has 0 heterocycles. The highest BCUT2D eigenvalue weighted by Crippen LogP contribution is 2.23. The molecule has 134 valence electrons. The van der Waals surface area contributed by atoms with Crippen LogP contribution >= 0.6 is 15.9 Å². The maximum atomic E-state index is 12.8.